The van der Waals surface area contributed by atoms with Gasteiger partial charge in [0.2, 0.25) is 0 Å². The molecule has 0 aliphatic rings. The highest BCUT2D eigenvalue weighted by molar-refractivity contribution is 7.13. The third-order valence-electron chi connectivity index (χ3n) is 1.92. The molecule has 2 aromatic rings. The van der Waals surface area contributed by atoms with Crippen LogP contribution in [0.15, 0.2) is 23.6 Å². The van der Waals surface area contributed by atoms with Crippen molar-refractivity contribution in [2.45, 2.75) is 12.8 Å². The molecule has 0 saturated carbocycles. The van der Waals surface area contributed by atoms with Crippen molar-refractivity contribution in [2.75, 3.05) is 0 Å². The van der Waals surface area contributed by atoms with Gasteiger partial charge < -0.3 is 5.11 Å². The number of hydrogen-bond acceptors (Lipinski definition) is 4. The molecule has 78 valence electrons. The standard InChI is InChI=1S/C10H9NO2S2/c12-10(13)4-3-7-6-8(11-15-7)9-2-1-5-14-9/h1-2,5-6H,3-4H2,(H,12,13). The van der Waals surface area contributed by atoms with Gasteiger partial charge in [0.05, 0.1) is 17.0 Å². The molecule has 3 nitrogen and oxygen atoms in total. The van der Waals surface area contributed by atoms with E-state index in [4.69, 9.17) is 5.11 Å². The molecule has 2 heterocycles. The number of carboxylic acids is 1. The lowest BCUT2D eigenvalue weighted by atomic mass is 10.2. The summed E-state index contributed by atoms with van der Waals surface area (Å²) in [4.78, 5) is 12.6. The lowest BCUT2D eigenvalue weighted by Crippen LogP contribution is -1.95. The Balaban J connectivity index is 2.08. The van der Waals surface area contributed by atoms with Crippen LogP contribution in [0.3, 0.4) is 0 Å². The van der Waals surface area contributed by atoms with Crippen LogP contribution in [0.2, 0.25) is 0 Å². The first kappa shape index (κ1) is 10.3. The van der Waals surface area contributed by atoms with E-state index in [-0.39, 0.29) is 6.42 Å². The topological polar surface area (TPSA) is 50.2 Å². The van der Waals surface area contributed by atoms with Crippen LogP contribution in [-0.2, 0) is 11.2 Å². The molecular formula is C10H9NO2S2. The fourth-order valence-electron chi connectivity index (χ4n) is 1.20. The zero-order valence-electron chi connectivity index (χ0n) is 7.84. The fraction of sp³-hybridized carbons (Fsp3) is 0.200. The number of thiophene rings is 1. The summed E-state index contributed by atoms with van der Waals surface area (Å²) in [6, 6.07) is 5.97. The van der Waals surface area contributed by atoms with Crippen LogP contribution in [0.5, 0.6) is 0 Å². The summed E-state index contributed by atoms with van der Waals surface area (Å²) in [5.41, 5.74) is 0.954. The van der Waals surface area contributed by atoms with Crippen molar-refractivity contribution in [1.29, 1.82) is 0 Å². The minimum Gasteiger partial charge on any atom is -0.481 e. The van der Waals surface area contributed by atoms with E-state index in [1.165, 1.54) is 11.5 Å². The molecule has 2 aromatic heterocycles. The first-order valence-corrected chi connectivity index (χ1v) is 6.12. The summed E-state index contributed by atoms with van der Waals surface area (Å²) in [7, 11) is 0. The third-order valence-corrected chi connectivity index (χ3v) is 3.65. The lowest BCUT2D eigenvalue weighted by molar-refractivity contribution is -0.136. The first-order valence-electron chi connectivity index (χ1n) is 4.47. The predicted molar refractivity (Wildman–Crippen MR) is 61.4 cm³/mol. The summed E-state index contributed by atoms with van der Waals surface area (Å²) >= 11 is 3.02. The van der Waals surface area contributed by atoms with Gasteiger partial charge in [-0.25, -0.2) is 0 Å². The van der Waals surface area contributed by atoms with Gasteiger partial charge in [-0.3, -0.25) is 4.79 Å². The van der Waals surface area contributed by atoms with Gasteiger partial charge in [-0.2, -0.15) is 4.37 Å². The van der Waals surface area contributed by atoms with E-state index < -0.39 is 5.97 Å². The number of hydrogen-bond donors (Lipinski definition) is 1. The van der Waals surface area contributed by atoms with Gasteiger partial charge in [0.15, 0.2) is 0 Å². The Labute approximate surface area is 95.2 Å². The third kappa shape index (κ3) is 2.64. The van der Waals surface area contributed by atoms with Crippen LogP contribution in [0, 0.1) is 0 Å². The number of rotatable bonds is 4. The quantitative estimate of drug-likeness (QED) is 0.892. The molecule has 0 amide bonds. The molecule has 2 rings (SSSR count). The first-order chi connectivity index (χ1) is 7.25. The molecule has 0 aromatic carbocycles. The number of carbonyl (C=O) groups is 1. The minimum atomic E-state index is -0.763. The van der Waals surface area contributed by atoms with E-state index in [1.807, 2.05) is 23.6 Å². The summed E-state index contributed by atoms with van der Waals surface area (Å²) < 4.78 is 4.30. The molecule has 0 bridgehead atoms. The Morgan fingerprint density at radius 3 is 3.07 bits per heavy atom. The molecule has 1 N–H and O–H groups in total. The van der Waals surface area contributed by atoms with E-state index in [2.05, 4.69) is 4.37 Å². The highest BCUT2D eigenvalue weighted by Gasteiger charge is 2.06. The summed E-state index contributed by atoms with van der Waals surface area (Å²) in [6.45, 7) is 0. The van der Waals surface area contributed by atoms with Crippen molar-refractivity contribution < 1.29 is 9.90 Å². The van der Waals surface area contributed by atoms with E-state index in [1.54, 1.807) is 11.3 Å². The highest BCUT2D eigenvalue weighted by Crippen LogP contribution is 2.26. The zero-order valence-corrected chi connectivity index (χ0v) is 9.48. The number of aryl methyl sites for hydroxylation is 1. The molecule has 0 atom stereocenters. The van der Waals surface area contributed by atoms with Gasteiger partial charge in [-0.1, -0.05) is 6.07 Å². The highest BCUT2D eigenvalue weighted by atomic mass is 32.1. The number of nitrogens with zero attached hydrogens (tertiary/aromatic N) is 1. The molecule has 0 saturated heterocycles. The van der Waals surface area contributed by atoms with Gasteiger partial charge in [-0.05, 0) is 35.5 Å². The van der Waals surface area contributed by atoms with E-state index >= 15 is 0 Å². The average molecular weight is 239 g/mol. The van der Waals surface area contributed by atoms with Gasteiger partial charge in [0.25, 0.3) is 0 Å². The van der Waals surface area contributed by atoms with E-state index in [0.717, 1.165) is 15.4 Å². The minimum absolute atomic E-state index is 0.173. The smallest absolute Gasteiger partial charge is 0.303 e. The second-order valence-corrected chi connectivity index (χ2v) is 4.89. The molecule has 0 fully saturated rings. The van der Waals surface area contributed by atoms with Crippen molar-refractivity contribution in [3.8, 4) is 10.6 Å². The monoisotopic (exact) mass is 239 g/mol. The normalized spacial score (nSPS) is 10.4. The van der Waals surface area contributed by atoms with Crippen molar-refractivity contribution in [1.82, 2.24) is 4.37 Å². The van der Waals surface area contributed by atoms with Crippen molar-refractivity contribution in [2.24, 2.45) is 0 Å². The van der Waals surface area contributed by atoms with Crippen molar-refractivity contribution >= 4 is 28.8 Å². The summed E-state index contributed by atoms with van der Waals surface area (Å²) in [5, 5.41) is 10.6. The van der Waals surface area contributed by atoms with Crippen LogP contribution in [0.4, 0.5) is 0 Å². The van der Waals surface area contributed by atoms with Gasteiger partial charge in [0.1, 0.15) is 0 Å². The van der Waals surface area contributed by atoms with Gasteiger partial charge >= 0.3 is 5.97 Å². The predicted octanol–water partition coefficient (Wildman–Crippen LogP) is 2.89. The fourth-order valence-corrected chi connectivity index (χ4v) is 2.67. The van der Waals surface area contributed by atoms with Crippen LogP contribution in [-0.4, -0.2) is 15.4 Å². The Bertz CT molecular complexity index is 448. The van der Waals surface area contributed by atoms with Crippen molar-refractivity contribution in [3.63, 3.8) is 0 Å². The molecular weight excluding hydrogens is 230 g/mol. The average Bonchev–Trinajstić information content (AvgIpc) is 2.85. The molecule has 0 radical (unpaired) electrons. The number of aromatic nitrogens is 1. The Morgan fingerprint density at radius 1 is 1.53 bits per heavy atom. The maximum Gasteiger partial charge on any atom is 0.303 e. The second-order valence-electron chi connectivity index (χ2n) is 3.05. The molecule has 15 heavy (non-hydrogen) atoms. The van der Waals surface area contributed by atoms with Gasteiger partial charge in [-0.15, -0.1) is 11.3 Å². The Morgan fingerprint density at radius 2 is 2.40 bits per heavy atom. The van der Waals surface area contributed by atoms with E-state index in [9.17, 15) is 4.79 Å². The molecule has 5 heteroatoms. The number of carboxylic acid groups (broad SMARTS) is 1. The molecule has 0 aliphatic heterocycles. The van der Waals surface area contributed by atoms with Crippen LogP contribution in [0.25, 0.3) is 10.6 Å². The Kier molecular flexibility index (Phi) is 3.13. The largest absolute Gasteiger partial charge is 0.481 e. The zero-order chi connectivity index (χ0) is 10.7. The van der Waals surface area contributed by atoms with Crippen LogP contribution in [0.1, 0.15) is 11.3 Å². The summed E-state index contributed by atoms with van der Waals surface area (Å²) in [6.07, 6.45) is 0.741. The second kappa shape index (κ2) is 4.55. The Hall–Kier alpha value is -1.20. The molecule has 0 spiro atoms. The SMILES string of the molecule is O=C(O)CCc1cc(-c2cccs2)ns1. The molecule has 0 aliphatic carbocycles. The summed E-state index contributed by atoms with van der Waals surface area (Å²) in [5.74, 6) is -0.763. The van der Waals surface area contributed by atoms with Crippen molar-refractivity contribution in [3.05, 3.63) is 28.5 Å². The van der Waals surface area contributed by atoms with Crippen LogP contribution < -0.4 is 0 Å². The lowest BCUT2D eigenvalue weighted by Gasteiger charge is -1.89. The molecule has 0 unspecified atom stereocenters. The van der Waals surface area contributed by atoms with E-state index in [0.29, 0.717) is 6.42 Å². The van der Waals surface area contributed by atoms with Crippen LogP contribution >= 0.6 is 22.9 Å². The maximum absolute atomic E-state index is 10.4. The van der Waals surface area contributed by atoms with Gasteiger partial charge in [0, 0.05) is 4.88 Å². The number of aliphatic carboxylic acids is 1. The maximum atomic E-state index is 10.4.